The minimum atomic E-state index is 0. The first-order valence-corrected chi connectivity index (χ1v) is 6.86. The van der Waals surface area contributed by atoms with E-state index in [2.05, 4.69) is 29.4 Å². The smallest absolute Gasteiger partial charge is 0.161 e. The second-order valence-corrected chi connectivity index (χ2v) is 5.09. The average molecular weight is 301 g/mol. The summed E-state index contributed by atoms with van der Waals surface area (Å²) in [6.07, 6.45) is 2.45. The topological polar surface area (TPSA) is 33.7 Å². The predicted octanol–water partition coefficient (Wildman–Crippen LogP) is 2.31. The lowest BCUT2D eigenvalue weighted by molar-refractivity contribution is 0.191. The minimum Gasteiger partial charge on any atom is -0.493 e. The molecule has 1 N–H and O–H groups in total. The Balaban J connectivity index is 0.00000200. The second kappa shape index (κ2) is 8.35. The zero-order valence-corrected chi connectivity index (χ0v) is 13.3. The van der Waals surface area contributed by atoms with Gasteiger partial charge in [0, 0.05) is 12.6 Å². The summed E-state index contributed by atoms with van der Waals surface area (Å²) in [6, 6.07) is 6.83. The molecule has 1 heterocycles. The number of benzene rings is 1. The lowest BCUT2D eigenvalue weighted by Crippen LogP contribution is -2.40. The number of halogens is 1. The van der Waals surface area contributed by atoms with Crippen molar-refractivity contribution < 1.29 is 9.47 Å². The zero-order valence-electron chi connectivity index (χ0n) is 12.5. The number of rotatable bonds is 5. The summed E-state index contributed by atoms with van der Waals surface area (Å²) in [5.41, 5.74) is 1.26. The van der Waals surface area contributed by atoms with Crippen molar-refractivity contribution in [2.24, 2.45) is 0 Å². The Morgan fingerprint density at radius 3 is 2.40 bits per heavy atom. The number of ether oxygens (including phenoxy) is 2. The van der Waals surface area contributed by atoms with Crippen LogP contribution in [0.3, 0.4) is 0 Å². The molecule has 1 fully saturated rings. The van der Waals surface area contributed by atoms with Crippen LogP contribution in [0.15, 0.2) is 18.2 Å². The van der Waals surface area contributed by atoms with Crippen molar-refractivity contribution in [3.63, 3.8) is 0 Å². The first kappa shape index (κ1) is 17.1. The van der Waals surface area contributed by atoms with E-state index in [0.717, 1.165) is 31.1 Å². The fourth-order valence-electron chi connectivity index (χ4n) is 2.64. The largest absolute Gasteiger partial charge is 0.493 e. The second-order valence-electron chi connectivity index (χ2n) is 5.09. The van der Waals surface area contributed by atoms with Gasteiger partial charge >= 0.3 is 0 Å². The van der Waals surface area contributed by atoms with Gasteiger partial charge in [0.05, 0.1) is 14.2 Å². The Bertz CT molecular complexity index is 409. The van der Waals surface area contributed by atoms with E-state index >= 15 is 0 Å². The van der Waals surface area contributed by atoms with Gasteiger partial charge in [-0.3, -0.25) is 4.90 Å². The molecule has 1 aliphatic heterocycles. The molecule has 0 aromatic heterocycles. The normalized spacial score (nSPS) is 15.8. The van der Waals surface area contributed by atoms with Gasteiger partial charge in [-0.2, -0.15) is 0 Å². The van der Waals surface area contributed by atoms with E-state index in [1.807, 2.05) is 6.07 Å². The quantitative estimate of drug-likeness (QED) is 0.905. The molecule has 1 aromatic carbocycles. The average Bonchev–Trinajstić information content (AvgIpc) is 2.48. The van der Waals surface area contributed by atoms with Crippen LogP contribution < -0.4 is 14.8 Å². The van der Waals surface area contributed by atoms with E-state index in [-0.39, 0.29) is 12.4 Å². The van der Waals surface area contributed by atoms with Gasteiger partial charge in [-0.1, -0.05) is 6.07 Å². The minimum absolute atomic E-state index is 0. The van der Waals surface area contributed by atoms with Crippen molar-refractivity contribution in [3.05, 3.63) is 23.8 Å². The van der Waals surface area contributed by atoms with Crippen molar-refractivity contribution in [1.82, 2.24) is 10.2 Å². The number of hydrogen-bond acceptors (Lipinski definition) is 4. The Morgan fingerprint density at radius 1 is 1.15 bits per heavy atom. The van der Waals surface area contributed by atoms with E-state index in [1.165, 1.54) is 18.4 Å². The van der Waals surface area contributed by atoms with E-state index < -0.39 is 0 Å². The molecule has 0 atom stereocenters. The fourth-order valence-corrected chi connectivity index (χ4v) is 2.64. The van der Waals surface area contributed by atoms with Crippen LogP contribution in [0.25, 0.3) is 0 Å². The van der Waals surface area contributed by atoms with E-state index in [9.17, 15) is 0 Å². The molecule has 20 heavy (non-hydrogen) atoms. The first-order valence-electron chi connectivity index (χ1n) is 6.86. The molecule has 0 bridgehead atoms. The summed E-state index contributed by atoms with van der Waals surface area (Å²) in [7, 11) is 5.55. The van der Waals surface area contributed by atoms with Gasteiger partial charge in [0.25, 0.3) is 0 Å². The molecule has 2 rings (SSSR count). The van der Waals surface area contributed by atoms with Gasteiger partial charge < -0.3 is 14.8 Å². The molecule has 114 valence electrons. The number of methoxy groups -OCH3 is 2. The van der Waals surface area contributed by atoms with Crippen molar-refractivity contribution >= 4 is 12.4 Å². The molecule has 1 aliphatic rings. The summed E-state index contributed by atoms with van der Waals surface area (Å²) in [4.78, 5) is 2.43. The van der Waals surface area contributed by atoms with Crippen molar-refractivity contribution in [3.8, 4) is 11.5 Å². The third kappa shape index (κ3) is 4.27. The van der Waals surface area contributed by atoms with E-state index in [1.54, 1.807) is 14.2 Å². The Morgan fingerprint density at radius 2 is 1.80 bits per heavy atom. The van der Waals surface area contributed by atoms with Crippen LogP contribution in [0.5, 0.6) is 11.5 Å². The van der Waals surface area contributed by atoms with Gasteiger partial charge in [0.15, 0.2) is 11.5 Å². The monoisotopic (exact) mass is 300 g/mol. The number of piperidine rings is 1. The van der Waals surface area contributed by atoms with E-state index in [0.29, 0.717) is 6.04 Å². The Labute approximate surface area is 127 Å². The molecule has 0 spiro atoms. The van der Waals surface area contributed by atoms with Crippen molar-refractivity contribution in [1.29, 1.82) is 0 Å². The summed E-state index contributed by atoms with van der Waals surface area (Å²) in [6.45, 7) is 3.20. The van der Waals surface area contributed by atoms with Gasteiger partial charge in [-0.05, 0) is 50.7 Å². The maximum Gasteiger partial charge on any atom is 0.161 e. The molecule has 1 aromatic rings. The maximum atomic E-state index is 5.35. The molecular weight excluding hydrogens is 276 g/mol. The molecule has 0 saturated carbocycles. The maximum absolute atomic E-state index is 5.35. The SMILES string of the molecule is COc1ccc(CN(C)C2CCNCC2)cc1OC.Cl. The standard InChI is InChI=1S/C15H24N2O2.ClH/c1-17(13-6-8-16-9-7-13)11-12-4-5-14(18-2)15(10-12)19-3;/h4-5,10,13,16H,6-9,11H2,1-3H3;1H. The zero-order chi connectivity index (χ0) is 13.7. The van der Waals surface area contributed by atoms with Crippen LogP contribution in [-0.4, -0.2) is 45.3 Å². The molecule has 0 unspecified atom stereocenters. The molecule has 0 radical (unpaired) electrons. The third-order valence-electron chi connectivity index (χ3n) is 3.81. The Kier molecular flexibility index (Phi) is 7.13. The van der Waals surface area contributed by atoms with Crippen molar-refractivity contribution in [2.75, 3.05) is 34.4 Å². The molecule has 5 heteroatoms. The van der Waals surface area contributed by atoms with Crippen molar-refractivity contribution in [2.45, 2.75) is 25.4 Å². The Hall–Kier alpha value is -0.970. The number of nitrogens with one attached hydrogen (secondary N) is 1. The fraction of sp³-hybridized carbons (Fsp3) is 0.600. The van der Waals surface area contributed by atoms with Crippen LogP contribution in [-0.2, 0) is 6.54 Å². The highest BCUT2D eigenvalue weighted by Gasteiger charge is 2.18. The molecule has 0 amide bonds. The summed E-state index contributed by atoms with van der Waals surface area (Å²) < 4.78 is 10.6. The third-order valence-corrected chi connectivity index (χ3v) is 3.81. The molecule has 0 aliphatic carbocycles. The molecular formula is C15H25ClN2O2. The van der Waals surface area contributed by atoms with Crippen LogP contribution in [0, 0.1) is 0 Å². The highest BCUT2D eigenvalue weighted by atomic mass is 35.5. The summed E-state index contributed by atoms with van der Waals surface area (Å²) in [5.74, 6) is 1.59. The lowest BCUT2D eigenvalue weighted by atomic mass is 10.0. The van der Waals surface area contributed by atoms with Gasteiger partial charge in [0.1, 0.15) is 0 Å². The number of hydrogen-bond donors (Lipinski definition) is 1. The molecule has 1 saturated heterocycles. The summed E-state index contributed by atoms with van der Waals surface area (Å²) in [5, 5.41) is 3.40. The van der Waals surface area contributed by atoms with Crippen LogP contribution in [0.4, 0.5) is 0 Å². The van der Waals surface area contributed by atoms with Crippen LogP contribution in [0.1, 0.15) is 18.4 Å². The van der Waals surface area contributed by atoms with E-state index in [4.69, 9.17) is 9.47 Å². The van der Waals surface area contributed by atoms with Gasteiger partial charge in [-0.15, -0.1) is 12.4 Å². The highest BCUT2D eigenvalue weighted by molar-refractivity contribution is 5.85. The van der Waals surface area contributed by atoms with Gasteiger partial charge in [-0.25, -0.2) is 0 Å². The lowest BCUT2D eigenvalue weighted by Gasteiger charge is -2.31. The first-order chi connectivity index (χ1) is 9.24. The summed E-state index contributed by atoms with van der Waals surface area (Å²) >= 11 is 0. The number of nitrogens with zero attached hydrogens (tertiary/aromatic N) is 1. The predicted molar refractivity (Wildman–Crippen MR) is 84.2 cm³/mol. The highest BCUT2D eigenvalue weighted by Crippen LogP contribution is 2.28. The van der Waals surface area contributed by atoms with Crippen LogP contribution >= 0.6 is 12.4 Å². The molecule has 4 nitrogen and oxygen atoms in total. The van der Waals surface area contributed by atoms with Gasteiger partial charge in [0.2, 0.25) is 0 Å². The van der Waals surface area contributed by atoms with Crippen LogP contribution in [0.2, 0.25) is 0 Å².